The van der Waals surface area contributed by atoms with Crippen LogP contribution in [0.3, 0.4) is 0 Å². The second-order valence-electron chi connectivity index (χ2n) is 8.09. The number of carbonyl (C=O) groups excluding carboxylic acids is 1. The quantitative estimate of drug-likeness (QED) is 0.212. The van der Waals surface area contributed by atoms with Gasteiger partial charge in [-0.05, 0) is 58.7 Å². The Hall–Kier alpha value is -4.07. The smallest absolute Gasteiger partial charge is 0.338 e. The van der Waals surface area contributed by atoms with Crippen LogP contribution < -0.4 is 0 Å². The van der Waals surface area contributed by atoms with E-state index < -0.39 is 5.97 Å². The lowest BCUT2D eigenvalue weighted by Crippen LogP contribution is -2.07. The van der Waals surface area contributed by atoms with Gasteiger partial charge in [0.05, 0.1) is 12.2 Å². The van der Waals surface area contributed by atoms with Gasteiger partial charge in [0, 0.05) is 30.6 Å². The van der Waals surface area contributed by atoms with Gasteiger partial charge in [-0.15, -0.1) is 22.7 Å². The van der Waals surface area contributed by atoms with Crippen molar-refractivity contribution in [2.75, 3.05) is 6.61 Å². The molecule has 3 aromatic heterocycles. The minimum absolute atomic E-state index is 0.277. The molecular weight excluding hydrogens is 488 g/mol. The summed E-state index contributed by atoms with van der Waals surface area (Å²) in [7, 11) is 0. The van der Waals surface area contributed by atoms with Gasteiger partial charge in [-0.1, -0.05) is 60.7 Å². The van der Waals surface area contributed by atoms with Crippen molar-refractivity contribution < 1.29 is 14.2 Å². The summed E-state index contributed by atoms with van der Waals surface area (Å²) in [6.07, 6.45) is 0. The molecule has 0 saturated carbocycles. The lowest BCUT2D eigenvalue weighted by Gasteiger charge is -2.10. The molecule has 0 amide bonds. The van der Waals surface area contributed by atoms with Crippen LogP contribution in [0.2, 0.25) is 0 Å². The highest BCUT2D eigenvalue weighted by Crippen LogP contribution is 2.44. The molecule has 0 bridgehead atoms. The number of aromatic nitrogens is 2. The first-order chi connectivity index (χ1) is 17.7. The highest BCUT2D eigenvalue weighted by Gasteiger charge is 2.25. The van der Waals surface area contributed by atoms with Gasteiger partial charge in [-0.2, -0.15) is 0 Å². The number of benzene rings is 3. The first-order valence-electron chi connectivity index (χ1n) is 11.5. The van der Waals surface area contributed by atoms with E-state index in [1.165, 1.54) is 0 Å². The number of hydrogen-bond donors (Lipinski definition) is 0. The van der Waals surface area contributed by atoms with E-state index in [9.17, 15) is 4.79 Å². The molecular formula is C29H20N2O3S2. The molecule has 6 rings (SSSR count). The second kappa shape index (κ2) is 9.53. The number of esters is 1. The Morgan fingerprint density at radius 3 is 1.94 bits per heavy atom. The molecule has 0 saturated heterocycles. The van der Waals surface area contributed by atoms with Crippen molar-refractivity contribution in [3.05, 3.63) is 96.6 Å². The summed E-state index contributed by atoms with van der Waals surface area (Å²) in [5.74, 6) is -0.395. The molecule has 6 aromatic rings. The van der Waals surface area contributed by atoms with Crippen molar-refractivity contribution in [2.45, 2.75) is 6.92 Å². The predicted molar refractivity (Wildman–Crippen MR) is 145 cm³/mol. The van der Waals surface area contributed by atoms with Crippen LogP contribution in [0.15, 0.2) is 95.6 Å². The largest absolute Gasteiger partial charge is 0.462 e. The highest BCUT2D eigenvalue weighted by molar-refractivity contribution is 7.19. The minimum Gasteiger partial charge on any atom is -0.462 e. The van der Waals surface area contributed by atoms with E-state index in [0.717, 1.165) is 36.2 Å². The average molecular weight is 509 g/mol. The summed E-state index contributed by atoms with van der Waals surface area (Å²) in [4.78, 5) is 17.3. The zero-order valence-electron chi connectivity index (χ0n) is 19.3. The van der Waals surface area contributed by atoms with Gasteiger partial charge in [0.25, 0.3) is 0 Å². The van der Waals surface area contributed by atoms with Gasteiger partial charge in [0.15, 0.2) is 0 Å². The Kier molecular flexibility index (Phi) is 5.93. The first kappa shape index (κ1) is 22.4. The van der Waals surface area contributed by atoms with E-state index in [1.54, 1.807) is 29.6 Å². The normalized spacial score (nSPS) is 11.1. The number of nitrogens with zero attached hydrogens (tertiary/aromatic N) is 2. The molecule has 0 aliphatic carbocycles. The van der Waals surface area contributed by atoms with E-state index in [0.29, 0.717) is 22.2 Å². The maximum Gasteiger partial charge on any atom is 0.338 e. The zero-order chi connectivity index (χ0) is 24.5. The predicted octanol–water partition coefficient (Wildman–Crippen LogP) is 8.19. The van der Waals surface area contributed by atoms with Gasteiger partial charge in [-0.3, -0.25) is 0 Å². The van der Waals surface area contributed by atoms with Gasteiger partial charge in [0.2, 0.25) is 0 Å². The number of carbonyl (C=O) groups is 1. The lowest BCUT2D eigenvalue weighted by molar-refractivity contribution is 0.0527. The van der Waals surface area contributed by atoms with Crippen LogP contribution in [0.4, 0.5) is 0 Å². The average Bonchev–Trinajstić information content (AvgIpc) is 3.70. The van der Waals surface area contributed by atoms with E-state index in [-0.39, 0.29) is 6.61 Å². The van der Waals surface area contributed by atoms with Crippen LogP contribution in [-0.4, -0.2) is 22.9 Å². The maximum atomic E-state index is 13.2. The topological polar surface area (TPSA) is 65.2 Å². The third kappa shape index (κ3) is 4.02. The summed E-state index contributed by atoms with van der Waals surface area (Å²) in [6.45, 7) is 2.08. The molecule has 36 heavy (non-hydrogen) atoms. The molecule has 5 nitrogen and oxygen atoms in total. The highest BCUT2D eigenvalue weighted by atomic mass is 32.1. The van der Waals surface area contributed by atoms with Gasteiger partial charge >= 0.3 is 5.97 Å². The molecule has 3 heterocycles. The van der Waals surface area contributed by atoms with Crippen molar-refractivity contribution in [1.82, 2.24) is 10.3 Å². The molecule has 0 radical (unpaired) electrons. The van der Waals surface area contributed by atoms with Gasteiger partial charge in [-0.25, -0.2) is 9.42 Å². The first-order valence-corrected chi connectivity index (χ1v) is 13.1. The molecule has 0 spiro atoms. The van der Waals surface area contributed by atoms with Crippen LogP contribution in [0, 0.1) is 0 Å². The number of rotatable bonds is 6. The monoisotopic (exact) mass is 508 g/mol. The van der Waals surface area contributed by atoms with Crippen molar-refractivity contribution in [3.8, 4) is 41.8 Å². The van der Waals surface area contributed by atoms with Gasteiger partial charge < -0.3 is 4.74 Å². The summed E-state index contributed by atoms with van der Waals surface area (Å²) >= 11 is 3.23. The Morgan fingerprint density at radius 1 is 0.750 bits per heavy atom. The van der Waals surface area contributed by atoms with Crippen LogP contribution >= 0.6 is 22.7 Å². The van der Waals surface area contributed by atoms with Crippen molar-refractivity contribution in [1.29, 1.82) is 0 Å². The second-order valence-corrected chi connectivity index (χ2v) is 10.3. The summed E-state index contributed by atoms with van der Waals surface area (Å²) < 4.78 is 10.7. The van der Waals surface area contributed by atoms with Crippen molar-refractivity contribution in [2.24, 2.45) is 0 Å². The van der Waals surface area contributed by atoms with Crippen LogP contribution in [0.25, 0.3) is 52.8 Å². The molecule has 3 aromatic carbocycles. The van der Waals surface area contributed by atoms with E-state index >= 15 is 0 Å². The third-order valence-electron chi connectivity index (χ3n) is 5.87. The Morgan fingerprint density at radius 2 is 1.31 bits per heavy atom. The molecule has 0 unspecified atom stereocenters. The van der Waals surface area contributed by atoms with Crippen LogP contribution in [-0.2, 0) is 4.74 Å². The van der Waals surface area contributed by atoms with E-state index in [2.05, 4.69) is 46.7 Å². The fraction of sp³-hybridized carbons (Fsp3) is 0.0690. The molecule has 0 fully saturated rings. The summed E-state index contributed by atoms with van der Waals surface area (Å²) in [5, 5.41) is 8.50. The number of hydrogen-bond acceptors (Lipinski definition) is 7. The van der Waals surface area contributed by atoms with Crippen LogP contribution in [0.1, 0.15) is 17.3 Å². The Balaban J connectivity index is 1.53. The molecule has 0 atom stereocenters. The van der Waals surface area contributed by atoms with Crippen molar-refractivity contribution >= 4 is 39.7 Å². The fourth-order valence-corrected chi connectivity index (χ4v) is 6.32. The zero-order valence-corrected chi connectivity index (χ0v) is 20.9. The molecule has 0 aliphatic heterocycles. The van der Waals surface area contributed by atoms with Crippen molar-refractivity contribution in [3.63, 3.8) is 0 Å². The SMILES string of the molecule is CCOC(=O)c1cc(-c2ccc(-c3ccccc3)s2)c2nonc2c1-c1ccc(-c2ccccc2)s1. The third-order valence-corrected chi connectivity index (χ3v) is 8.19. The maximum absolute atomic E-state index is 13.2. The lowest BCUT2D eigenvalue weighted by atomic mass is 9.99. The Bertz CT molecular complexity index is 1670. The van der Waals surface area contributed by atoms with E-state index in [4.69, 9.17) is 9.37 Å². The number of thiophene rings is 2. The fourth-order valence-electron chi connectivity index (χ4n) is 4.22. The van der Waals surface area contributed by atoms with E-state index in [1.807, 2.05) is 54.6 Å². The summed E-state index contributed by atoms with van der Waals surface area (Å²) in [6, 6.07) is 30.4. The number of ether oxygens (including phenoxy) is 1. The van der Waals surface area contributed by atoms with Gasteiger partial charge in [0.1, 0.15) is 11.0 Å². The molecule has 0 aliphatic rings. The minimum atomic E-state index is -0.395. The number of fused-ring (bicyclic) bond motifs is 1. The molecule has 0 N–H and O–H groups in total. The Labute approximate surface area is 215 Å². The summed E-state index contributed by atoms with van der Waals surface area (Å²) in [5.41, 5.74) is 5.35. The standard InChI is InChI=1S/C29H20N2O3S2/c1-2-33-29(32)21-17-20(24-15-13-22(35-24)18-9-5-3-6-10-18)27-28(31-34-30-27)26(21)25-16-14-23(36-25)19-11-7-4-8-12-19/h3-17H,2H2,1H3. The van der Waals surface area contributed by atoms with Crippen LogP contribution in [0.5, 0.6) is 0 Å². The molecule has 7 heteroatoms. The molecule has 176 valence electrons.